The Balaban J connectivity index is 1.79. The van der Waals surface area contributed by atoms with Crippen LogP contribution in [0, 0.1) is 0 Å². The highest BCUT2D eigenvalue weighted by atomic mass is 16.5. The molecule has 3 aromatic carbocycles. The zero-order valence-electron chi connectivity index (χ0n) is 17.7. The van der Waals surface area contributed by atoms with Gasteiger partial charge in [-0.1, -0.05) is 42.5 Å². The standard InChI is InChI=1S/C25H23N3O4/c1-31-21-13-11-18(12-14-21)16-23(27-24(29)20-8-4-3-5-9-20)25(30)28-26-17-19-7-6-10-22(15-19)32-2/h3-17H,1-2H3,(H,27,29)(H,28,30)/b23-16+,26-17?. The fourth-order valence-corrected chi connectivity index (χ4v) is 2.76. The van der Waals surface area contributed by atoms with E-state index < -0.39 is 11.8 Å². The molecule has 0 radical (unpaired) electrons. The zero-order valence-corrected chi connectivity index (χ0v) is 17.7. The molecule has 3 rings (SSSR count). The molecular formula is C25H23N3O4. The third-order valence-electron chi connectivity index (χ3n) is 4.43. The third-order valence-corrected chi connectivity index (χ3v) is 4.43. The zero-order chi connectivity index (χ0) is 22.8. The summed E-state index contributed by atoms with van der Waals surface area (Å²) in [4.78, 5) is 25.4. The summed E-state index contributed by atoms with van der Waals surface area (Å²) in [5.41, 5.74) is 4.39. The van der Waals surface area contributed by atoms with E-state index in [2.05, 4.69) is 15.8 Å². The van der Waals surface area contributed by atoms with E-state index in [9.17, 15) is 9.59 Å². The quantitative estimate of drug-likeness (QED) is 0.325. The van der Waals surface area contributed by atoms with Crippen LogP contribution < -0.4 is 20.2 Å². The summed E-state index contributed by atoms with van der Waals surface area (Å²) in [5.74, 6) is 0.390. The van der Waals surface area contributed by atoms with Crippen LogP contribution in [0.5, 0.6) is 11.5 Å². The van der Waals surface area contributed by atoms with E-state index in [1.807, 2.05) is 24.3 Å². The number of benzene rings is 3. The van der Waals surface area contributed by atoms with Crippen LogP contribution in [-0.2, 0) is 4.79 Å². The normalized spacial score (nSPS) is 11.1. The second-order valence-electron chi connectivity index (χ2n) is 6.63. The van der Waals surface area contributed by atoms with Gasteiger partial charge in [-0.05, 0) is 53.6 Å². The van der Waals surface area contributed by atoms with E-state index in [1.54, 1.807) is 74.9 Å². The molecule has 162 valence electrons. The number of carbonyl (C=O) groups is 2. The summed E-state index contributed by atoms with van der Waals surface area (Å²) in [6, 6.07) is 23.0. The maximum Gasteiger partial charge on any atom is 0.287 e. The maximum absolute atomic E-state index is 12.8. The lowest BCUT2D eigenvalue weighted by atomic mass is 10.1. The molecule has 7 nitrogen and oxygen atoms in total. The molecule has 2 N–H and O–H groups in total. The van der Waals surface area contributed by atoms with Crippen LogP contribution in [0.3, 0.4) is 0 Å². The van der Waals surface area contributed by atoms with Crippen molar-refractivity contribution >= 4 is 24.1 Å². The van der Waals surface area contributed by atoms with Crippen molar-refractivity contribution in [2.75, 3.05) is 14.2 Å². The Hall–Kier alpha value is -4.39. The average Bonchev–Trinajstić information content (AvgIpc) is 2.84. The van der Waals surface area contributed by atoms with Gasteiger partial charge in [-0.15, -0.1) is 0 Å². The topological polar surface area (TPSA) is 89.0 Å². The molecule has 0 heterocycles. The molecule has 0 unspecified atom stereocenters. The Morgan fingerprint density at radius 1 is 0.812 bits per heavy atom. The number of hydrogen-bond acceptors (Lipinski definition) is 5. The van der Waals surface area contributed by atoms with Gasteiger partial charge in [0.25, 0.3) is 11.8 Å². The van der Waals surface area contributed by atoms with Gasteiger partial charge in [-0.3, -0.25) is 9.59 Å². The second-order valence-corrected chi connectivity index (χ2v) is 6.63. The number of hydrazone groups is 1. The number of hydrogen-bond donors (Lipinski definition) is 2. The SMILES string of the molecule is COc1ccc(/C=C(/NC(=O)c2ccccc2)C(=O)NN=Cc2cccc(OC)c2)cc1. The summed E-state index contributed by atoms with van der Waals surface area (Å²) in [6.07, 6.45) is 3.06. The first kappa shape index (κ1) is 22.3. The molecule has 0 aliphatic carbocycles. The molecule has 0 fully saturated rings. The number of amides is 2. The summed E-state index contributed by atoms with van der Waals surface area (Å²) >= 11 is 0. The monoisotopic (exact) mass is 429 g/mol. The lowest BCUT2D eigenvalue weighted by Crippen LogP contribution is -2.32. The first-order valence-electron chi connectivity index (χ1n) is 9.78. The van der Waals surface area contributed by atoms with Gasteiger partial charge in [0, 0.05) is 5.56 Å². The van der Waals surface area contributed by atoms with Crippen molar-refractivity contribution in [3.63, 3.8) is 0 Å². The fraction of sp³-hybridized carbons (Fsp3) is 0.0800. The van der Waals surface area contributed by atoms with Gasteiger partial charge in [0.2, 0.25) is 0 Å². The lowest BCUT2D eigenvalue weighted by molar-refractivity contribution is -0.117. The van der Waals surface area contributed by atoms with Crippen molar-refractivity contribution < 1.29 is 19.1 Å². The van der Waals surface area contributed by atoms with Crippen LogP contribution >= 0.6 is 0 Å². The van der Waals surface area contributed by atoms with Crippen LogP contribution in [0.2, 0.25) is 0 Å². The summed E-state index contributed by atoms with van der Waals surface area (Å²) in [6.45, 7) is 0. The molecule has 0 saturated carbocycles. The summed E-state index contributed by atoms with van der Waals surface area (Å²) in [7, 11) is 3.15. The summed E-state index contributed by atoms with van der Waals surface area (Å²) in [5, 5.41) is 6.66. The fourth-order valence-electron chi connectivity index (χ4n) is 2.76. The van der Waals surface area contributed by atoms with Crippen LogP contribution in [0.25, 0.3) is 6.08 Å². The molecule has 3 aromatic rings. The van der Waals surface area contributed by atoms with Gasteiger partial charge in [-0.25, -0.2) is 5.43 Å². The molecule has 0 aliphatic rings. The van der Waals surface area contributed by atoms with E-state index >= 15 is 0 Å². The Bertz CT molecular complexity index is 1120. The van der Waals surface area contributed by atoms with Crippen molar-refractivity contribution in [2.45, 2.75) is 0 Å². The Labute approximate surface area is 186 Å². The average molecular weight is 429 g/mol. The molecular weight excluding hydrogens is 406 g/mol. The Kier molecular flexibility index (Phi) is 7.75. The second kappa shape index (κ2) is 11.1. The molecule has 32 heavy (non-hydrogen) atoms. The van der Waals surface area contributed by atoms with Crippen molar-refractivity contribution in [2.24, 2.45) is 5.10 Å². The Morgan fingerprint density at radius 2 is 1.53 bits per heavy atom. The van der Waals surface area contributed by atoms with Crippen LogP contribution in [0.1, 0.15) is 21.5 Å². The highest BCUT2D eigenvalue weighted by Gasteiger charge is 2.14. The van der Waals surface area contributed by atoms with E-state index in [0.717, 1.165) is 5.56 Å². The number of methoxy groups -OCH3 is 2. The molecule has 7 heteroatoms. The number of nitrogens with zero attached hydrogens (tertiary/aromatic N) is 1. The van der Waals surface area contributed by atoms with Gasteiger partial charge < -0.3 is 14.8 Å². The molecule has 2 amide bonds. The van der Waals surface area contributed by atoms with Crippen LogP contribution in [-0.4, -0.2) is 32.2 Å². The number of rotatable bonds is 8. The van der Waals surface area contributed by atoms with Gasteiger partial charge in [-0.2, -0.15) is 5.10 Å². The predicted molar refractivity (Wildman–Crippen MR) is 124 cm³/mol. The first-order chi connectivity index (χ1) is 15.6. The minimum Gasteiger partial charge on any atom is -0.497 e. The van der Waals surface area contributed by atoms with Crippen LogP contribution in [0.15, 0.2) is 89.7 Å². The molecule has 0 saturated heterocycles. The molecule has 0 atom stereocenters. The van der Waals surface area contributed by atoms with Crippen molar-refractivity contribution in [3.05, 3.63) is 101 Å². The number of nitrogens with one attached hydrogen (secondary N) is 2. The van der Waals surface area contributed by atoms with Crippen molar-refractivity contribution in [1.82, 2.24) is 10.7 Å². The minimum atomic E-state index is -0.566. The van der Waals surface area contributed by atoms with E-state index in [1.165, 1.54) is 6.21 Å². The summed E-state index contributed by atoms with van der Waals surface area (Å²) < 4.78 is 10.3. The van der Waals surface area contributed by atoms with Gasteiger partial charge >= 0.3 is 0 Å². The van der Waals surface area contributed by atoms with E-state index in [0.29, 0.717) is 22.6 Å². The van der Waals surface area contributed by atoms with Gasteiger partial charge in [0.05, 0.1) is 20.4 Å². The predicted octanol–water partition coefficient (Wildman–Crippen LogP) is 3.63. The largest absolute Gasteiger partial charge is 0.497 e. The highest BCUT2D eigenvalue weighted by molar-refractivity contribution is 6.05. The van der Waals surface area contributed by atoms with Crippen molar-refractivity contribution in [3.8, 4) is 11.5 Å². The smallest absolute Gasteiger partial charge is 0.287 e. The van der Waals surface area contributed by atoms with E-state index in [-0.39, 0.29) is 5.70 Å². The third kappa shape index (κ3) is 6.30. The maximum atomic E-state index is 12.8. The molecule has 0 aliphatic heterocycles. The van der Waals surface area contributed by atoms with Crippen LogP contribution in [0.4, 0.5) is 0 Å². The van der Waals surface area contributed by atoms with Gasteiger partial charge in [0.15, 0.2) is 0 Å². The van der Waals surface area contributed by atoms with E-state index in [4.69, 9.17) is 9.47 Å². The minimum absolute atomic E-state index is 0.0480. The lowest BCUT2D eigenvalue weighted by Gasteiger charge is -2.09. The number of carbonyl (C=O) groups excluding carboxylic acids is 2. The molecule has 0 spiro atoms. The van der Waals surface area contributed by atoms with Crippen molar-refractivity contribution in [1.29, 1.82) is 0 Å². The highest BCUT2D eigenvalue weighted by Crippen LogP contribution is 2.14. The molecule has 0 aromatic heterocycles. The first-order valence-corrected chi connectivity index (χ1v) is 9.78. The molecule has 0 bridgehead atoms. The Morgan fingerprint density at radius 3 is 2.22 bits per heavy atom. The number of ether oxygens (including phenoxy) is 2. The van der Waals surface area contributed by atoms with Gasteiger partial charge in [0.1, 0.15) is 17.2 Å².